The molecule has 1 aromatic carbocycles. The standard InChI is InChI=1S/C16H21N3O2/c1-11-10-12(17)6-7-18(11)8-9-19-15(20)13-4-2-3-5-14(13)16(19)21/h2-5,11-12H,6-10,17H2,1H3. The van der Waals surface area contributed by atoms with Crippen LogP contribution in [0.4, 0.5) is 0 Å². The van der Waals surface area contributed by atoms with Gasteiger partial charge in [0, 0.05) is 25.2 Å². The highest BCUT2D eigenvalue weighted by Crippen LogP contribution is 2.23. The van der Waals surface area contributed by atoms with Crippen molar-refractivity contribution in [3.8, 4) is 0 Å². The van der Waals surface area contributed by atoms with Gasteiger partial charge in [-0.15, -0.1) is 0 Å². The van der Waals surface area contributed by atoms with Crippen molar-refractivity contribution < 1.29 is 9.59 Å². The Morgan fingerprint density at radius 1 is 1.14 bits per heavy atom. The van der Waals surface area contributed by atoms with E-state index < -0.39 is 0 Å². The number of carbonyl (C=O) groups is 2. The molecule has 0 aromatic heterocycles. The predicted molar refractivity (Wildman–Crippen MR) is 80.1 cm³/mol. The minimum Gasteiger partial charge on any atom is -0.328 e. The van der Waals surface area contributed by atoms with Gasteiger partial charge in [-0.1, -0.05) is 12.1 Å². The number of carbonyl (C=O) groups excluding carboxylic acids is 2. The van der Waals surface area contributed by atoms with E-state index in [4.69, 9.17) is 5.73 Å². The van der Waals surface area contributed by atoms with Crippen LogP contribution in [0.5, 0.6) is 0 Å². The number of rotatable bonds is 3. The average molecular weight is 287 g/mol. The number of amides is 2. The summed E-state index contributed by atoms with van der Waals surface area (Å²) in [6, 6.07) is 7.71. The molecule has 2 N–H and O–H groups in total. The number of nitrogens with two attached hydrogens (primary N) is 1. The lowest BCUT2D eigenvalue weighted by Crippen LogP contribution is -2.48. The lowest BCUT2D eigenvalue weighted by molar-refractivity contribution is 0.0608. The summed E-state index contributed by atoms with van der Waals surface area (Å²) in [5, 5.41) is 0. The first kappa shape index (κ1) is 14.2. The summed E-state index contributed by atoms with van der Waals surface area (Å²) in [7, 11) is 0. The summed E-state index contributed by atoms with van der Waals surface area (Å²) < 4.78 is 0. The fourth-order valence-corrected chi connectivity index (χ4v) is 3.26. The van der Waals surface area contributed by atoms with E-state index in [1.165, 1.54) is 4.90 Å². The van der Waals surface area contributed by atoms with E-state index in [-0.39, 0.29) is 17.9 Å². The normalized spacial score (nSPS) is 26.3. The van der Waals surface area contributed by atoms with Gasteiger partial charge in [0.2, 0.25) is 0 Å². The zero-order chi connectivity index (χ0) is 15.0. The summed E-state index contributed by atoms with van der Waals surface area (Å²) in [4.78, 5) is 28.2. The maximum atomic E-state index is 12.3. The molecule has 2 unspecified atom stereocenters. The summed E-state index contributed by atoms with van der Waals surface area (Å²) in [6.45, 7) is 4.26. The molecular formula is C16H21N3O2. The molecule has 2 aliphatic heterocycles. The van der Waals surface area contributed by atoms with E-state index in [9.17, 15) is 9.59 Å². The van der Waals surface area contributed by atoms with E-state index in [2.05, 4.69) is 11.8 Å². The maximum absolute atomic E-state index is 12.3. The minimum atomic E-state index is -0.169. The van der Waals surface area contributed by atoms with Crippen LogP contribution in [0.25, 0.3) is 0 Å². The van der Waals surface area contributed by atoms with Gasteiger partial charge in [-0.25, -0.2) is 0 Å². The van der Waals surface area contributed by atoms with Crippen molar-refractivity contribution in [3.05, 3.63) is 35.4 Å². The monoisotopic (exact) mass is 287 g/mol. The second-order valence-electron chi connectivity index (χ2n) is 5.98. The number of piperidine rings is 1. The van der Waals surface area contributed by atoms with Gasteiger partial charge in [-0.3, -0.25) is 19.4 Å². The molecule has 5 heteroatoms. The van der Waals surface area contributed by atoms with E-state index >= 15 is 0 Å². The van der Waals surface area contributed by atoms with E-state index in [1.807, 2.05) is 0 Å². The molecule has 1 aromatic rings. The molecule has 3 rings (SSSR count). The molecule has 112 valence electrons. The summed E-state index contributed by atoms with van der Waals surface area (Å²) in [5.74, 6) is -0.339. The van der Waals surface area contributed by atoms with Crippen molar-refractivity contribution in [3.63, 3.8) is 0 Å². The summed E-state index contributed by atoms with van der Waals surface area (Å²) in [6.07, 6.45) is 1.95. The maximum Gasteiger partial charge on any atom is 0.261 e. The Kier molecular flexibility index (Phi) is 3.78. The second-order valence-corrected chi connectivity index (χ2v) is 5.98. The molecule has 1 fully saturated rings. The average Bonchev–Trinajstić information content (AvgIpc) is 2.71. The third kappa shape index (κ3) is 2.59. The van der Waals surface area contributed by atoms with Crippen molar-refractivity contribution >= 4 is 11.8 Å². The highest BCUT2D eigenvalue weighted by molar-refractivity contribution is 6.21. The van der Waals surface area contributed by atoms with Crippen LogP contribution in [0, 0.1) is 0 Å². The molecule has 5 nitrogen and oxygen atoms in total. The van der Waals surface area contributed by atoms with Gasteiger partial charge in [0.05, 0.1) is 11.1 Å². The zero-order valence-electron chi connectivity index (χ0n) is 12.3. The van der Waals surface area contributed by atoms with Gasteiger partial charge in [0.25, 0.3) is 11.8 Å². The van der Waals surface area contributed by atoms with Crippen LogP contribution >= 0.6 is 0 Å². The Balaban J connectivity index is 1.65. The SMILES string of the molecule is CC1CC(N)CCN1CCN1C(=O)c2ccccc2C1=O. The van der Waals surface area contributed by atoms with Crippen molar-refractivity contribution in [1.29, 1.82) is 0 Å². The van der Waals surface area contributed by atoms with E-state index in [0.717, 1.165) is 25.9 Å². The highest BCUT2D eigenvalue weighted by Gasteiger charge is 2.35. The van der Waals surface area contributed by atoms with E-state index in [0.29, 0.717) is 23.7 Å². The Labute approximate surface area is 124 Å². The first-order valence-electron chi connectivity index (χ1n) is 7.53. The summed E-state index contributed by atoms with van der Waals surface area (Å²) in [5.41, 5.74) is 7.01. The molecule has 2 aliphatic rings. The first-order chi connectivity index (χ1) is 10.1. The molecule has 0 saturated carbocycles. The first-order valence-corrected chi connectivity index (χ1v) is 7.53. The molecule has 0 aliphatic carbocycles. The van der Waals surface area contributed by atoms with Crippen molar-refractivity contribution in [2.24, 2.45) is 5.73 Å². The number of likely N-dealkylation sites (tertiary alicyclic amines) is 1. The van der Waals surface area contributed by atoms with Crippen LogP contribution < -0.4 is 5.73 Å². The third-order valence-corrected chi connectivity index (χ3v) is 4.54. The molecule has 2 heterocycles. The molecule has 0 bridgehead atoms. The smallest absolute Gasteiger partial charge is 0.261 e. The Bertz CT molecular complexity index is 537. The van der Waals surface area contributed by atoms with Crippen molar-refractivity contribution in [2.45, 2.75) is 31.8 Å². The van der Waals surface area contributed by atoms with Gasteiger partial charge in [-0.2, -0.15) is 0 Å². The molecule has 0 radical (unpaired) electrons. The Morgan fingerprint density at radius 3 is 2.33 bits per heavy atom. The molecule has 0 spiro atoms. The quantitative estimate of drug-likeness (QED) is 0.845. The second kappa shape index (κ2) is 5.58. The number of nitrogens with zero attached hydrogens (tertiary/aromatic N) is 2. The summed E-state index contributed by atoms with van der Waals surface area (Å²) >= 11 is 0. The number of fused-ring (bicyclic) bond motifs is 1. The fourth-order valence-electron chi connectivity index (χ4n) is 3.26. The van der Waals surface area contributed by atoms with Gasteiger partial charge >= 0.3 is 0 Å². The lowest BCUT2D eigenvalue weighted by atomic mass is 9.99. The predicted octanol–water partition coefficient (Wildman–Crippen LogP) is 1.09. The van der Waals surface area contributed by atoms with Crippen LogP contribution in [0.2, 0.25) is 0 Å². The van der Waals surface area contributed by atoms with Crippen molar-refractivity contribution in [2.75, 3.05) is 19.6 Å². The number of benzene rings is 1. The van der Waals surface area contributed by atoms with Crippen LogP contribution in [0.1, 0.15) is 40.5 Å². The van der Waals surface area contributed by atoms with Gasteiger partial charge in [0.1, 0.15) is 0 Å². The van der Waals surface area contributed by atoms with Crippen LogP contribution in [0.15, 0.2) is 24.3 Å². The zero-order valence-corrected chi connectivity index (χ0v) is 12.3. The molecule has 21 heavy (non-hydrogen) atoms. The number of imide groups is 1. The van der Waals surface area contributed by atoms with Gasteiger partial charge < -0.3 is 5.73 Å². The Hall–Kier alpha value is -1.72. The molecular weight excluding hydrogens is 266 g/mol. The lowest BCUT2D eigenvalue weighted by Gasteiger charge is -2.36. The van der Waals surface area contributed by atoms with E-state index in [1.54, 1.807) is 24.3 Å². The van der Waals surface area contributed by atoms with Crippen molar-refractivity contribution in [1.82, 2.24) is 9.80 Å². The van der Waals surface area contributed by atoms with Crippen LogP contribution in [-0.4, -0.2) is 53.3 Å². The van der Waals surface area contributed by atoms with Crippen LogP contribution in [-0.2, 0) is 0 Å². The molecule has 1 saturated heterocycles. The minimum absolute atomic E-state index is 0.169. The third-order valence-electron chi connectivity index (χ3n) is 4.54. The highest BCUT2D eigenvalue weighted by atomic mass is 16.2. The van der Waals surface area contributed by atoms with Gasteiger partial charge in [0.15, 0.2) is 0 Å². The van der Waals surface area contributed by atoms with Crippen LogP contribution in [0.3, 0.4) is 0 Å². The van der Waals surface area contributed by atoms with Gasteiger partial charge in [-0.05, 0) is 38.4 Å². The fraction of sp³-hybridized carbons (Fsp3) is 0.500. The Morgan fingerprint density at radius 2 is 1.76 bits per heavy atom. The molecule has 2 atom stereocenters. The topological polar surface area (TPSA) is 66.6 Å². The number of hydrogen-bond acceptors (Lipinski definition) is 4. The molecule has 2 amide bonds. The number of hydrogen-bond donors (Lipinski definition) is 1. The largest absolute Gasteiger partial charge is 0.328 e.